The van der Waals surface area contributed by atoms with Crippen LogP contribution in [0.3, 0.4) is 0 Å². The van der Waals surface area contributed by atoms with E-state index >= 15 is 0 Å². The number of hydrogen-bond acceptors (Lipinski definition) is 8. The van der Waals surface area contributed by atoms with E-state index in [1.165, 1.54) is 21.9 Å². The monoisotopic (exact) mass is 877 g/mol. The number of benzene rings is 3. The highest BCUT2D eigenvalue weighted by Crippen LogP contribution is 2.24. The maximum absolute atomic E-state index is 14.8. The van der Waals surface area contributed by atoms with Crippen LogP contribution in [-0.2, 0) is 52.8 Å². The molecule has 3 aromatic carbocycles. The van der Waals surface area contributed by atoms with Gasteiger partial charge in [-0.2, -0.15) is 0 Å². The first-order valence-corrected chi connectivity index (χ1v) is 22.8. The number of carbonyl (C=O) groups excluding carboxylic acids is 7. The molecule has 15 heteroatoms. The van der Waals surface area contributed by atoms with Gasteiger partial charge in [-0.1, -0.05) is 113 Å². The number of fused-ring (bicyclic) bond motifs is 2. The van der Waals surface area contributed by atoms with Crippen LogP contribution in [0.25, 0.3) is 0 Å². The van der Waals surface area contributed by atoms with Crippen LogP contribution in [0.15, 0.2) is 84.9 Å². The van der Waals surface area contributed by atoms with Crippen molar-refractivity contribution in [2.24, 2.45) is 11.8 Å². The number of nitrogens with zero attached hydrogens (tertiary/aromatic N) is 2. The maximum Gasteiger partial charge on any atom is 0.246 e. The van der Waals surface area contributed by atoms with Crippen molar-refractivity contribution >= 4 is 41.4 Å². The standard InChI is InChI=1S/C49H63N7O8/c1-5-30(3)41-46(61)50-36(27-34-21-23-35(57)24-22-34)43(58)51-37(28-32-15-9-7-10-16-32)48(63)55-25-13-19-39(55)45(60)54-42(31(4)6-2)47(62)52-38(29-33-17-11-8-12-18-33)49(64)56-26-14-20-40(56)44(59)53-41/h7-12,15-18,21-24,30-31,36-42,57H,5-6,13-14,19-20,25-29H2,1-4H3,(H,50,61)(H,51,58)(H,52,62)(H,53,59)(H,54,60). The first kappa shape index (κ1) is 47.2. The van der Waals surface area contributed by atoms with Gasteiger partial charge in [0.25, 0.3) is 0 Å². The van der Waals surface area contributed by atoms with Crippen LogP contribution < -0.4 is 26.6 Å². The largest absolute Gasteiger partial charge is 0.508 e. The second-order valence-electron chi connectivity index (χ2n) is 17.6. The number of nitrogens with one attached hydrogen (secondary N) is 5. The Kier molecular flexibility index (Phi) is 16.2. The van der Waals surface area contributed by atoms with Crippen molar-refractivity contribution in [1.82, 2.24) is 36.4 Å². The zero-order valence-corrected chi connectivity index (χ0v) is 37.3. The van der Waals surface area contributed by atoms with Crippen LogP contribution in [0.2, 0.25) is 0 Å². The number of rotatable bonds is 10. The molecule has 6 N–H and O–H groups in total. The third-order valence-electron chi connectivity index (χ3n) is 13.1. The van der Waals surface area contributed by atoms with Crippen molar-refractivity contribution in [3.8, 4) is 5.75 Å². The highest BCUT2D eigenvalue weighted by atomic mass is 16.3. The lowest BCUT2D eigenvalue weighted by atomic mass is 9.96. The number of phenolic OH excluding ortho intramolecular Hbond substituents is 1. The van der Waals surface area contributed by atoms with Crippen molar-refractivity contribution in [2.75, 3.05) is 13.1 Å². The van der Waals surface area contributed by atoms with E-state index < -0.39 is 89.6 Å². The summed E-state index contributed by atoms with van der Waals surface area (Å²) in [6.07, 6.45) is 2.83. The number of carbonyl (C=O) groups is 7. The van der Waals surface area contributed by atoms with Crippen molar-refractivity contribution in [3.63, 3.8) is 0 Å². The SMILES string of the molecule is CCC(C)C1NC(=O)C2CCCN2C(=O)C(Cc2ccccc2)NC(=O)C(Cc2ccc(O)cc2)NC(=O)C(C(C)CC)NC(=O)C2CCCN2C(=O)C(Cc2ccccc2)NC1=O. The topological polar surface area (TPSA) is 206 Å². The Morgan fingerprint density at radius 2 is 0.875 bits per heavy atom. The minimum absolute atomic E-state index is 0.0165. The van der Waals surface area contributed by atoms with Crippen LogP contribution in [-0.4, -0.2) is 112 Å². The molecule has 0 radical (unpaired) electrons. The molecule has 3 aromatic rings. The van der Waals surface area contributed by atoms with Crippen LogP contribution >= 0.6 is 0 Å². The predicted molar refractivity (Wildman–Crippen MR) is 240 cm³/mol. The number of phenols is 1. The Labute approximate surface area is 375 Å². The second kappa shape index (κ2) is 21.9. The molecular weight excluding hydrogens is 815 g/mol. The summed E-state index contributed by atoms with van der Waals surface area (Å²) in [6, 6.07) is 17.0. The predicted octanol–water partition coefficient (Wildman–Crippen LogP) is 2.93. The third kappa shape index (κ3) is 11.7. The Morgan fingerprint density at radius 1 is 0.500 bits per heavy atom. The summed E-state index contributed by atoms with van der Waals surface area (Å²) in [5.74, 6) is -4.66. The average Bonchev–Trinajstić information content (AvgIpc) is 4.01. The Balaban J connectivity index is 1.42. The lowest BCUT2D eigenvalue weighted by Gasteiger charge is -2.33. The van der Waals surface area contributed by atoms with E-state index in [-0.39, 0.29) is 44.0 Å². The normalized spacial score (nSPS) is 26.3. The second-order valence-corrected chi connectivity index (χ2v) is 17.6. The summed E-state index contributed by atoms with van der Waals surface area (Å²) in [5, 5.41) is 24.6. The van der Waals surface area contributed by atoms with E-state index in [2.05, 4.69) is 26.6 Å². The first-order chi connectivity index (χ1) is 30.8. The highest BCUT2D eigenvalue weighted by Gasteiger charge is 2.43. The van der Waals surface area contributed by atoms with Gasteiger partial charge in [0.05, 0.1) is 0 Å². The molecule has 3 fully saturated rings. The van der Waals surface area contributed by atoms with E-state index in [0.717, 1.165) is 11.1 Å². The van der Waals surface area contributed by atoms with E-state index in [0.29, 0.717) is 44.1 Å². The molecule has 342 valence electrons. The van der Waals surface area contributed by atoms with E-state index in [1.54, 1.807) is 12.1 Å². The average molecular weight is 878 g/mol. The van der Waals surface area contributed by atoms with Crippen LogP contribution in [0.5, 0.6) is 5.75 Å². The van der Waals surface area contributed by atoms with Crippen molar-refractivity contribution in [3.05, 3.63) is 102 Å². The highest BCUT2D eigenvalue weighted by molar-refractivity contribution is 5.99. The summed E-state index contributed by atoms with van der Waals surface area (Å²) >= 11 is 0. The van der Waals surface area contributed by atoms with Gasteiger partial charge in [0.1, 0.15) is 48.0 Å². The fraction of sp³-hybridized carbons (Fsp3) is 0.490. The molecule has 0 aliphatic carbocycles. The Bertz CT molecular complexity index is 2120. The summed E-state index contributed by atoms with van der Waals surface area (Å²) in [7, 11) is 0. The molecule has 9 atom stereocenters. The lowest BCUT2D eigenvalue weighted by Crippen LogP contribution is -2.61. The van der Waals surface area contributed by atoms with Gasteiger partial charge in [-0.3, -0.25) is 33.6 Å². The number of hydrogen-bond donors (Lipinski definition) is 6. The molecule has 0 bridgehead atoms. The molecule has 64 heavy (non-hydrogen) atoms. The number of amides is 7. The molecular formula is C49H63N7O8. The smallest absolute Gasteiger partial charge is 0.246 e. The molecule has 9 unspecified atom stereocenters. The molecule has 6 rings (SSSR count). The molecule has 0 spiro atoms. The fourth-order valence-corrected chi connectivity index (χ4v) is 8.88. The molecule has 7 amide bonds. The molecule has 0 aromatic heterocycles. The summed E-state index contributed by atoms with van der Waals surface area (Å²) in [6.45, 7) is 7.90. The van der Waals surface area contributed by atoms with Gasteiger partial charge in [0, 0.05) is 32.4 Å². The van der Waals surface area contributed by atoms with Gasteiger partial charge < -0.3 is 41.5 Å². The minimum Gasteiger partial charge on any atom is -0.508 e. The summed E-state index contributed by atoms with van der Waals surface area (Å²) in [5.41, 5.74) is 2.14. The molecule has 0 saturated carbocycles. The molecule has 3 aliphatic heterocycles. The van der Waals surface area contributed by atoms with E-state index in [4.69, 9.17) is 0 Å². The first-order valence-electron chi connectivity index (χ1n) is 22.8. The zero-order chi connectivity index (χ0) is 45.9. The number of aromatic hydroxyl groups is 1. The van der Waals surface area contributed by atoms with E-state index in [1.807, 2.05) is 88.4 Å². The summed E-state index contributed by atoms with van der Waals surface area (Å²) < 4.78 is 0. The third-order valence-corrected chi connectivity index (χ3v) is 13.1. The van der Waals surface area contributed by atoms with Gasteiger partial charge in [0.15, 0.2) is 0 Å². The van der Waals surface area contributed by atoms with Gasteiger partial charge in [-0.15, -0.1) is 0 Å². The molecule has 3 heterocycles. The summed E-state index contributed by atoms with van der Waals surface area (Å²) in [4.78, 5) is 105. The van der Waals surface area contributed by atoms with Crippen molar-refractivity contribution < 1.29 is 38.7 Å². The Hall–Kier alpha value is -6.25. The van der Waals surface area contributed by atoms with Crippen LogP contribution in [0.4, 0.5) is 0 Å². The van der Waals surface area contributed by atoms with Crippen molar-refractivity contribution in [1.29, 1.82) is 0 Å². The van der Waals surface area contributed by atoms with Gasteiger partial charge >= 0.3 is 0 Å². The Morgan fingerprint density at radius 3 is 1.30 bits per heavy atom. The minimum atomic E-state index is -1.24. The van der Waals surface area contributed by atoms with Gasteiger partial charge in [-0.25, -0.2) is 0 Å². The fourth-order valence-electron chi connectivity index (χ4n) is 8.88. The van der Waals surface area contributed by atoms with Crippen LogP contribution in [0, 0.1) is 11.8 Å². The molecule has 3 saturated heterocycles. The van der Waals surface area contributed by atoms with Gasteiger partial charge in [-0.05, 0) is 66.3 Å². The lowest BCUT2D eigenvalue weighted by molar-refractivity contribution is -0.143. The maximum atomic E-state index is 14.8. The zero-order valence-electron chi connectivity index (χ0n) is 37.3. The quantitative estimate of drug-likeness (QED) is 0.178. The van der Waals surface area contributed by atoms with Gasteiger partial charge in [0.2, 0.25) is 41.4 Å². The van der Waals surface area contributed by atoms with Crippen molar-refractivity contribution in [2.45, 2.75) is 128 Å². The molecule has 3 aliphatic rings. The van der Waals surface area contributed by atoms with E-state index in [9.17, 15) is 38.7 Å². The van der Waals surface area contributed by atoms with Crippen LogP contribution in [0.1, 0.15) is 82.9 Å². The molecule has 15 nitrogen and oxygen atoms in total.